The van der Waals surface area contributed by atoms with Crippen LogP contribution in [-0.2, 0) is 0 Å². The van der Waals surface area contributed by atoms with E-state index >= 15 is 0 Å². The van der Waals surface area contributed by atoms with Crippen LogP contribution in [0.1, 0.15) is 12.5 Å². The van der Waals surface area contributed by atoms with Gasteiger partial charge in [-0.15, -0.1) is 5.10 Å². The van der Waals surface area contributed by atoms with Crippen LogP contribution in [0, 0.1) is 5.92 Å². The number of aliphatic hydroxyl groups excluding tert-OH is 1. The molecule has 2 atom stereocenters. The standard InChI is InChI=1S/C10H11N5O2/c16-4-6-1-2-7(3-6)15-9-8(13-14-15)10(17)12-5-11-9/h1-2,5-7,16H,3-4H2,(H,11,12,17). The van der Waals surface area contributed by atoms with Gasteiger partial charge in [-0.2, -0.15) is 0 Å². The molecule has 17 heavy (non-hydrogen) atoms. The predicted molar refractivity (Wildman–Crippen MR) is 59.3 cm³/mol. The van der Waals surface area contributed by atoms with E-state index in [0.29, 0.717) is 5.65 Å². The minimum absolute atomic E-state index is 0.00597. The average Bonchev–Trinajstić information content (AvgIpc) is 2.94. The molecule has 88 valence electrons. The minimum Gasteiger partial charge on any atom is -0.396 e. The number of rotatable bonds is 2. The largest absolute Gasteiger partial charge is 0.396 e. The van der Waals surface area contributed by atoms with E-state index in [1.807, 2.05) is 12.2 Å². The van der Waals surface area contributed by atoms with Gasteiger partial charge in [0.05, 0.1) is 12.4 Å². The molecular weight excluding hydrogens is 222 g/mol. The van der Waals surface area contributed by atoms with Gasteiger partial charge in [0.15, 0.2) is 11.2 Å². The van der Waals surface area contributed by atoms with E-state index in [1.165, 1.54) is 6.33 Å². The molecule has 0 saturated carbocycles. The maximum Gasteiger partial charge on any atom is 0.280 e. The molecule has 0 fully saturated rings. The van der Waals surface area contributed by atoms with Gasteiger partial charge in [-0.3, -0.25) is 4.79 Å². The zero-order valence-electron chi connectivity index (χ0n) is 8.95. The van der Waals surface area contributed by atoms with Crippen LogP contribution in [0.2, 0.25) is 0 Å². The summed E-state index contributed by atoms with van der Waals surface area (Å²) in [6.45, 7) is 0.119. The summed E-state index contributed by atoms with van der Waals surface area (Å²) >= 11 is 0. The third-order valence-corrected chi connectivity index (χ3v) is 2.97. The van der Waals surface area contributed by atoms with Crippen molar-refractivity contribution in [3.8, 4) is 0 Å². The lowest BCUT2D eigenvalue weighted by atomic mass is 10.1. The molecule has 2 aromatic rings. The second-order valence-electron chi connectivity index (χ2n) is 4.07. The third kappa shape index (κ3) is 1.55. The second-order valence-corrected chi connectivity index (χ2v) is 4.07. The van der Waals surface area contributed by atoms with Gasteiger partial charge >= 0.3 is 0 Å². The first-order valence-corrected chi connectivity index (χ1v) is 5.37. The summed E-state index contributed by atoms with van der Waals surface area (Å²) < 4.78 is 1.62. The monoisotopic (exact) mass is 233 g/mol. The molecule has 3 rings (SSSR count). The highest BCUT2D eigenvalue weighted by atomic mass is 16.3. The van der Waals surface area contributed by atoms with Crippen molar-refractivity contribution >= 4 is 11.2 Å². The fraction of sp³-hybridized carbons (Fsp3) is 0.400. The van der Waals surface area contributed by atoms with Crippen LogP contribution in [0.25, 0.3) is 11.2 Å². The molecule has 1 aliphatic rings. The Kier molecular flexibility index (Phi) is 2.25. The van der Waals surface area contributed by atoms with Crippen molar-refractivity contribution in [1.29, 1.82) is 0 Å². The van der Waals surface area contributed by atoms with Gasteiger partial charge < -0.3 is 10.1 Å². The van der Waals surface area contributed by atoms with Crippen LogP contribution in [0.4, 0.5) is 0 Å². The summed E-state index contributed by atoms with van der Waals surface area (Å²) in [6, 6.07) is 0.00597. The fourth-order valence-electron chi connectivity index (χ4n) is 2.07. The number of nitrogens with one attached hydrogen (secondary N) is 1. The Bertz CT molecular complexity index is 629. The summed E-state index contributed by atoms with van der Waals surface area (Å²) in [4.78, 5) is 18.0. The van der Waals surface area contributed by atoms with Crippen molar-refractivity contribution in [2.45, 2.75) is 12.5 Å². The van der Waals surface area contributed by atoms with Gasteiger partial charge in [-0.1, -0.05) is 17.4 Å². The molecule has 0 aromatic carbocycles. The number of H-pyrrole nitrogens is 1. The third-order valence-electron chi connectivity index (χ3n) is 2.97. The van der Waals surface area contributed by atoms with Gasteiger partial charge in [0.25, 0.3) is 5.56 Å². The fourth-order valence-corrected chi connectivity index (χ4v) is 2.07. The van der Waals surface area contributed by atoms with Gasteiger partial charge in [-0.25, -0.2) is 9.67 Å². The maximum absolute atomic E-state index is 11.5. The topological polar surface area (TPSA) is 96.7 Å². The van der Waals surface area contributed by atoms with E-state index in [9.17, 15) is 4.79 Å². The number of hydrogen-bond donors (Lipinski definition) is 2. The Labute approximate surface area is 95.8 Å². The lowest BCUT2D eigenvalue weighted by Gasteiger charge is -2.09. The van der Waals surface area contributed by atoms with E-state index < -0.39 is 0 Å². The smallest absolute Gasteiger partial charge is 0.280 e. The Hall–Kier alpha value is -2.02. The molecule has 2 aromatic heterocycles. The normalized spacial score (nSPS) is 23.6. The van der Waals surface area contributed by atoms with E-state index in [1.54, 1.807) is 4.68 Å². The highest BCUT2D eigenvalue weighted by Crippen LogP contribution is 2.27. The zero-order chi connectivity index (χ0) is 11.8. The molecular formula is C10H11N5O2. The van der Waals surface area contributed by atoms with Crippen molar-refractivity contribution in [2.24, 2.45) is 5.92 Å². The predicted octanol–water partition coefficient (Wildman–Crippen LogP) is -0.376. The van der Waals surface area contributed by atoms with E-state index in [2.05, 4.69) is 20.3 Å². The molecule has 0 aliphatic heterocycles. The number of nitrogens with zero attached hydrogens (tertiary/aromatic N) is 4. The first-order valence-electron chi connectivity index (χ1n) is 5.37. The molecule has 7 heteroatoms. The number of allylic oxidation sites excluding steroid dienone is 1. The Morgan fingerprint density at radius 3 is 3.18 bits per heavy atom. The van der Waals surface area contributed by atoms with Crippen LogP contribution in [0.15, 0.2) is 23.3 Å². The number of aromatic amines is 1. The minimum atomic E-state index is -0.290. The molecule has 7 nitrogen and oxygen atoms in total. The lowest BCUT2D eigenvalue weighted by Crippen LogP contribution is -2.11. The molecule has 0 radical (unpaired) electrons. The number of aliphatic hydroxyl groups is 1. The maximum atomic E-state index is 11.5. The van der Waals surface area contributed by atoms with Crippen LogP contribution in [-0.4, -0.2) is 36.7 Å². The molecule has 0 saturated heterocycles. The van der Waals surface area contributed by atoms with E-state index in [4.69, 9.17) is 5.11 Å². The summed E-state index contributed by atoms with van der Waals surface area (Å²) in [5, 5.41) is 16.9. The molecule has 2 unspecified atom stereocenters. The first kappa shape index (κ1) is 10.2. The summed E-state index contributed by atoms with van der Waals surface area (Å²) in [6.07, 6.45) is 6.00. The van der Waals surface area contributed by atoms with Crippen molar-refractivity contribution in [2.75, 3.05) is 6.61 Å². The average molecular weight is 233 g/mol. The number of fused-ring (bicyclic) bond motifs is 1. The van der Waals surface area contributed by atoms with Crippen LogP contribution in [0.5, 0.6) is 0 Å². The zero-order valence-corrected chi connectivity index (χ0v) is 8.95. The van der Waals surface area contributed by atoms with Crippen molar-refractivity contribution in [1.82, 2.24) is 25.0 Å². The van der Waals surface area contributed by atoms with Crippen molar-refractivity contribution in [3.05, 3.63) is 28.8 Å². The van der Waals surface area contributed by atoms with Crippen LogP contribution >= 0.6 is 0 Å². The Morgan fingerprint density at radius 1 is 1.53 bits per heavy atom. The highest BCUT2D eigenvalue weighted by Gasteiger charge is 2.23. The Morgan fingerprint density at radius 2 is 2.41 bits per heavy atom. The van der Waals surface area contributed by atoms with Crippen LogP contribution in [0.3, 0.4) is 0 Å². The van der Waals surface area contributed by atoms with Crippen LogP contribution < -0.4 is 5.56 Å². The van der Waals surface area contributed by atoms with Gasteiger partial charge in [0.2, 0.25) is 0 Å². The van der Waals surface area contributed by atoms with E-state index in [-0.39, 0.29) is 29.6 Å². The van der Waals surface area contributed by atoms with Gasteiger partial charge in [0.1, 0.15) is 0 Å². The van der Waals surface area contributed by atoms with Gasteiger partial charge in [0, 0.05) is 12.5 Å². The quantitative estimate of drug-likeness (QED) is 0.689. The second kappa shape index (κ2) is 3.77. The molecule has 2 N–H and O–H groups in total. The molecule has 0 amide bonds. The Balaban J connectivity index is 2.05. The molecule has 1 aliphatic carbocycles. The SMILES string of the molecule is O=c1[nH]cnc2c1nnn2C1C=CC(CO)C1. The van der Waals surface area contributed by atoms with E-state index in [0.717, 1.165) is 6.42 Å². The first-order chi connectivity index (χ1) is 8.29. The van der Waals surface area contributed by atoms with Crippen molar-refractivity contribution in [3.63, 3.8) is 0 Å². The van der Waals surface area contributed by atoms with Crippen molar-refractivity contribution < 1.29 is 5.11 Å². The molecule has 0 spiro atoms. The summed E-state index contributed by atoms with van der Waals surface area (Å²) in [5.41, 5.74) is 0.428. The summed E-state index contributed by atoms with van der Waals surface area (Å²) in [5.74, 6) is 0.140. The van der Waals surface area contributed by atoms with Gasteiger partial charge in [-0.05, 0) is 6.42 Å². The number of hydrogen-bond acceptors (Lipinski definition) is 5. The highest BCUT2D eigenvalue weighted by molar-refractivity contribution is 5.67. The molecule has 2 heterocycles. The summed E-state index contributed by atoms with van der Waals surface area (Å²) in [7, 11) is 0. The lowest BCUT2D eigenvalue weighted by molar-refractivity contribution is 0.243. The molecule has 0 bridgehead atoms. The number of aromatic nitrogens is 5.